The average molecular weight is 479 g/mol. The van der Waals surface area contributed by atoms with Crippen molar-refractivity contribution in [3.63, 3.8) is 0 Å². The highest BCUT2D eigenvalue weighted by molar-refractivity contribution is 7.89. The van der Waals surface area contributed by atoms with Gasteiger partial charge in [0.05, 0.1) is 17.7 Å². The number of benzene rings is 1. The van der Waals surface area contributed by atoms with Crippen LogP contribution in [-0.4, -0.2) is 38.5 Å². The number of aryl methyl sites for hydroxylation is 1. The molecule has 2 aliphatic rings. The Balaban J connectivity index is 1.59. The molecule has 0 bridgehead atoms. The van der Waals surface area contributed by atoms with Crippen LogP contribution in [0.4, 0.5) is 5.13 Å². The predicted molar refractivity (Wildman–Crippen MR) is 125 cm³/mol. The number of nitrogens with one attached hydrogen (secondary N) is 2. The number of rotatable bonds is 7. The number of sulfonamides is 1. The molecule has 4 rings (SSSR count). The van der Waals surface area contributed by atoms with Crippen molar-refractivity contribution in [1.29, 1.82) is 0 Å². The largest absolute Gasteiger partial charge is 0.495 e. The van der Waals surface area contributed by atoms with E-state index in [4.69, 9.17) is 10.5 Å². The molecule has 4 N–H and O–H groups in total. The van der Waals surface area contributed by atoms with E-state index in [1.54, 1.807) is 12.1 Å². The summed E-state index contributed by atoms with van der Waals surface area (Å²) >= 11 is 1.35. The van der Waals surface area contributed by atoms with Crippen molar-refractivity contribution in [2.45, 2.75) is 68.8 Å². The molecule has 2 aromatic rings. The molecule has 2 aliphatic carbocycles. The minimum atomic E-state index is -3.79. The molecular weight excluding hydrogens is 448 g/mol. The molecule has 32 heavy (non-hydrogen) atoms. The van der Waals surface area contributed by atoms with Crippen LogP contribution in [0.15, 0.2) is 23.1 Å². The summed E-state index contributed by atoms with van der Waals surface area (Å²) in [7, 11) is -2.34. The van der Waals surface area contributed by atoms with Gasteiger partial charge in [-0.2, -0.15) is 0 Å². The molecule has 0 aliphatic heterocycles. The van der Waals surface area contributed by atoms with Crippen LogP contribution in [-0.2, 0) is 14.8 Å². The fourth-order valence-corrected chi connectivity index (χ4v) is 6.99. The molecule has 2 atom stereocenters. The Morgan fingerprint density at radius 3 is 2.62 bits per heavy atom. The summed E-state index contributed by atoms with van der Waals surface area (Å²) in [6.45, 7) is 1.85. The molecule has 1 aromatic carbocycles. The van der Waals surface area contributed by atoms with Crippen molar-refractivity contribution in [2.24, 2.45) is 11.7 Å². The van der Waals surface area contributed by atoms with Gasteiger partial charge in [0, 0.05) is 18.0 Å². The van der Waals surface area contributed by atoms with E-state index in [1.165, 1.54) is 18.4 Å². The third-order valence-electron chi connectivity index (χ3n) is 6.26. The van der Waals surface area contributed by atoms with Gasteiger partial charge in [-0.05, 0) is 62.8 Å². The highest BCUT2D eigenvalue weighted by atomic mass is 32.2. The van der Waals surface area contributed by atoms with Crippen LogP contribution in [0.2, 0.25) is 0 Å². The fraction of sp³-hybridized carbons (Fsp3) is 0.545. The van der Waals surface area contributed by atoms with Crippen LogP contribution in [0.5, 0.6) is 5.75 Å². The highest BCUT2D eigenvalue weighted by Crippen LogP contribution is 2.37. The van der Waals surface area contributed by atoms with Crippen LogP contribution >= 0.6 is 11.3 Å². The third kappa shape index (κ3) is 4.98. The van der Waals surface area contributed by atoms with E-state index in [2.05, 4.69) is 15.0 Å². The van der Waals surface area contributed by atoms with Crippen LogP contribution < -0.4 is 20.5 Å². The number of ether oxygens (including phenoxy) is 1. The SMILES string of the molecule is COc1ccc(-c2sc(NC(=O)C3CCCC3)nc2C)cc1S(=O)(=O)NC1CCC(N)C1. The van der Waals surface area contributed by atoms with Gasteiger partial charge in [-0.3, -0.25) is 4.79 Å². The molecule has 1 heterocycles. The number of hydrogen-bond donors (Lipinski definition) is 3. The molecule has 10 heteroatoms. The molecule has 1 amide bonds. The van der Waals surface area contributed by atoms with Crippen LogP contribution in [0.3, 0.4) is 0 Å². The van der Waals surface area contributed by atoms with E-state index in [9.17, 15) is 13.2 Å². The van der Waals surface area contributed by atoms with Gasteiger partial charge in [0.1, 0.15) is 10.6 Å². The summed E-state index contributed by atoms with van der Waals surface area (Å²) < 4.78 is 34.4. The Morgan fingerprint density at radius 2 is 1.97 bits per heavy atom. The Morgan fingerprint density at radius 1 is 1.22 bits per heavy atom. The topological polar surface area (TPSA) is 123 Å². The molecular formula is C22H30N4O4S2. The molecule has 0 saturated heterocycles. The van der Waals surface area contributed by atoms with Gasteiger partial charge in [-0.15, -0.1) is 0 Å². The first-order valence-corrected chi connectivity index (χ1v) is 13.3. The summed E-state index contributed by atoms with van der Waals surface area (Å²) in [6.07, 6.45) is 6.16. The molecule has 1 aromatic heterocycles. The molecule has 2 fully saturated rings. The highest BCUT2D eigenvalue weighted by Gasteiger charge is 2.29. The molecule has 174 valence electrons. The lowest BCUT2D eigenvalue weighted by molar-refractivity contribution is -0.119. The van der Waals surface area contributed by atoms with Gasteiger partial charge in [0.15, 0.2) is 5.13 Å². The van der Waals surface area contributed by atoms with Crippen LogP contribution in [0.25, 0.3) is 10.4 Å². The number of carbonyl (C=O) groups excluding carboxylic acids is 1. The first-order valence-electron chi connectivity index (χ1n) is 11.0. The van der Waals surface area contributed by atoms with Gasteiger partial charge in [-0.1, -0.05) is 24.2 Å². The number of thiazole rings is 1. The lowest BCUT2D eigenvalue weighted by Gasteiger charge is -2.16. The van der Waals surface area contributed by atoms with Gasteiger partial charge < -0.3 is 15.8 Å². The molecule has 8 nitrogen and oxygen atoms in total. The summed E-state index contributed by atoms with van der Waals surface area (Å²) in [5, 5.41) is 3.47. The maximum atomic E-state index is 13.1. The summed E-state index contributed by atoms with van der Waals surface area (Å²) in [5.41, 5.74) is 7.39. The third-order valence-corrected chi connectivity index (χ3v) is 8.93. The van der Waals surface area contributed by atoms with Crippen LogP contribution in [0, 0.1) is 12.8 Å². The van der Waals surface area contributed by atoms with Crippen molar-refractivity contribution >= 4 is 32.4 Å². The minimum absolute atomic E-state index is 0.0137. The average Bonchev–Trinajstić information content (AvgIpc) is 3.49. The van der Waals surface area contributed by atoms with Gasteiger partial charge >= 0.3 is 0 Å². The van der Waals surface area contributed by atoms with Gasteiger partial charge in [0.25, 0.3) is 0 Å². The van der Waals surface area contributed by atoms with Gasteiger partial charge in [0.2, 0.25) is 15.9 Å². The monoisotopic (exact) mass is 478 g/mol. The molecule has 0 spiro atoms. The first-order chi connectivity index (χ1) is 15.3. The second-order valence-corrected chi connectivity index (χ2v) is 11.3. The number of nitrogens with two attached hydrogens (primary N) is 1. The number of carbonyl (C=O) groups is 1. The Bertz CT molecular complexity index is 1090. The van der Waals surface area contributed by atoms with Crippen molar-refractivity contribution in [1.82, 2.24) is 9.71 Å². The number of methoxy groups -OCH3 is 1. The van der Waals surface area contributed by atoms with Gasteiger partial charge in [-0.25, -0.2) is 18.1 Å². The lowest BCUT2D eigenvalue weighted by Crippen LogP contribution is -2.34. The standard InChI is InChI=1S/C22H30N4O4S2/c1-13-20(31-22(24-13)25-21(27)14-5-3-4-6-14)15-7-10-18(30-2)19(11-15)32(28,29)26-17-9-8-16(23)12-17/h7,10-11,14,16-17,26H,3-6,8-9,12,23H2,1-2H3,(H,24,25,27). The quantitative estimate of drug-likeness (QED) is 0.560. The maximum Gasteiger partial charge on any atom is 0.244 e. The Labute approximate surface area is 193 Å². The Kier molecular flexibility index (Phi) is 6.85. The fourth-order valence-electron chi connectivity index (χ4n) is 4.55. The maximum absolute atomic E-state index is 13.1. The van der Waals surface area contributed by atoms with Crippen LogP contribution in [0.1, 0.15) is 50.6 Å². The number of amides is 1. The zero-order chi connectivity index (χ0) is 22.9. The summed E-state index contributed by atoms with van der Waals surface area (Å²) in [6, 6.07) is 4.92. The van der Waals surface area contributed by atoms with E-state index in [0.717, 1.165) is 49.1 Å². The van der Waals surface area contributed by atoms with Crippen molar-refractivity contribution < 1.29 is 17.9 Å². The number of anilines is 1. The Hall–Kier alpha value is -2.01. The van der Waals surface area contributed by atoms with Crippen molar-refractivity contribution in [2.75, 3.05) is 12.4 Å². The van der Waals surface area contributed by atoms with E-state index in [0.29, 0.717) is 17.1 Å². The zero-order valence-corrected chi connectivity index (χ0v) is 20.0. The smallest absolute Gasteiger partial charge is 0.244 e. The normalized spacial score (nSPS) is 21.7. The number of aromatic nitrogens is 1. The second-order valence-electron chi connectivity index (χ2n) is 8.66. The van der Waals surface area contributed by atoms with E-state index in [-0.39, 0.29) is 34.6 Å². The minimum Gasteiger partial charge on any atom is -0.495 e. The lowest BCUT2D eigenvalue weighted by atomic mass is 10.1. The molecule has 2 saturated carbocycles. The molecule has 2 unspecified atom stereocenters. The number of nitrogens with zero attached hydrogens (tertiary/aromatic N) is 1. The van der Waals surface area contributed by atoms with Crippen molar-refractivity contribution in [3.05, 3.63) is 23.9 Å². The van der Waals surface area contributed by atoms with E-state index >= 15 is 0 Å². The predicted octanol–water partition coefficient (Wildman–Crippen LogP) is 3.41. The van der Waals surface area contributed by atoms with E-state index in [1.807, 2.05) is 13.0 Å². The van der Waals surface area contributed by atoms with Crippen molar-refractivity contribution in [3.8, 4) is 16.2 Å². The summed E-state index contributed by atoms with van der Waals surface area (Å²) in [5.74, 6) is 0.343. The second kappa shape index (κ2) is 9.46. The summed E-state index contributed by atoms with van der Waals surface area (Å²) in [4.78, 5) is 17.9. The zero-order valence-electron chi connectivity index (χ0n) is 18.4. The first kappa shape index (κ1) is 23.2. The molecule has 0 radical (unpaired) electrons. The number of hydrogen-bond acceptors (Lipinski definition) is 7. The van der Waals surface area contributed by atoms with E-state index < -0.39 is 10.0 Å².